The van der Waals surface area contributed by atoms with Gasteiger partial charge in [-0.15, -0.1) is 23.1 Å². The summed E-state index contributed by atoms with van der Waals surface area (Å²) in [7, 11) is 1.63. The smallest absolute Gasteiger partial charge is 0.119 e. The molecule has 0 amide bonds. The Morgan fingerprint density at radius 1 is 1.38 bits per heavy atom. The highest BCUT2D eigenvalue weighted by Gasteiger charge is 2.04. The summed E-state index contributed by atoms with van der Waals surface area (Å²) >= 11 is 3.42. The van der Waals surface area contributed by atoms with Crippen LogP contribution in [0.1, 0.15) is 5.56 Å². The summed E-state index contributed by atoms with van der Waals surface area (Å²) in [4.78, 5) is 0. The standard InChI is InChI=1S/C12H12O2S2/c1-14-10-4-5-11(13)9(7-10)8-16-12-3-2-6-15-12/h2-7,13H,8H2,1H3. The Kier molecular flexibility index (Phi) is 3.74. The van der Waals surface area contributed by atoms with Crippen LogP contribution in [0.3, 0.4) is 0 Å². The van der Waals surface area contributed by atoms with Gasteiger partial charge < -0.3 is 9.84 Å². The van der Waals surface area contributed by atoms with Crippen molar-refractivity contribution in [2.45, 2.75) is 9.96 Å². The first-order valence-corrected chi connectivity index (χ1v) is 6.68. The van der Waals surface area contributed by atoms with Crippen molar-refractivity contribution in [1.29, 1.82) is 0 Å². The van der Waals surface area contributed by atoms with E-state index in [9.17, 15) is 5.11 Å². The Morgan fingerprint density at radius 3 is 2.94 bits per heavy atom. The van der Waals surface area contributed by atoms with Crippen molar-refractivity contribution in [3.63, 3.8) is 0 Å². The molecule has 0 saturated heterocycles. The Balaban J connectivity index is 2.08. The minimum absolute atomic E-state index is 0.324. The average Bonchev–Trinajstić information content (AvgIpc) is 2.81. The molecule has 2 nitrogen and oxygen atoms in total. The number of hydrogen-bond acceptors (Lipinski definition) is 4. The Labute approximate surface area is 103 Å². The van der Waals surface area contributed by atoms with Gasteiger partial charge >= 0.3 is 0 Å². The van der Waals surface area contributed by atoms with Crippen LogP contribution in [-0.4, -0.2) is 12.2 Å². The summed E-state index contributed by atoms with van der Waals surface area (Å²) in [5.41, 5.74) is 0.901. The van der Waals surface area contributed by atoms with Crippen LogP contribution >= 0.6 is 23.1 Å². The summed E-state index contributed by atoms with van der Waals surface area (Å²) in [5.74, 6) is 1.85. The maximum Gasteiger partial charge on any atom is 0.119 e. The fourth-order valence-corrected chi connectivity index (χ4v) is 3.07. The SMILES string of the molecule is COc1ccc(O)c(CSc2cccs2)c1. The molecule has 1 aromatic heterocycles. The van der Waals surface area contributed by atoms with Crippen LogP contribution in [0.25, 0.3) is 0 Å². The van der Waals surface area contributed by atoms with E-state index in [0.29, 0.717) is 5.75 Å². The molecule has 0 aliphatic carbocycles. The maximum atomic E-state index is 9.69. The number of thiophene rings is 1. The summed E-state index contributed by atoms with van der Waals surface area (Å²) in [5, 5.41) is 11.7. The van der Waals surface area contributed by atoms with Crippen LogP contribution < -0.4 is 4.74 Å². The van der Waals surface area contributed by atoms with Crippen LogP contribution in [0.2, 0.25) is 0 Å². The largest absolute Gasteiger partial charge is 0.508 e. The number of aromatic hydroxyl groups is 1. The molecule has 1 N–H and O–H groups in total. The van der Waals surface area contributed by atoms with Crippen molar-refractivity contribution in [1.82, 2.24) is 0 Å². The molecule has 0 atom stereocenters. The molecule has 0 radical (unpaired) electrons. The minimum atomic E-state index is 0.324. The number of ether oxygens (including phenoxy) is 1. The molecular weight excluding hydrogens is 240 g/mol. The average molecular weight is 252 g/mol. The number of benzene rings is 1. The van der Waals surface area contributed by atoms with Gasteiger partial charge in [0.05, 0.1) is 11.3 Å². The van der Waals surface area contributed by atoms with Crippen LogP contribution in [0, 0.1) is 0 Å². The number of rotatable bonds is 4. The fourth-order valence-electron chi connectivity index (χ4n) is 1.30. The topological polar surface area (TPSA) is 29.5 Å². The summed E-state index contributed by atoms with van der Waals surface area (Å²) in [6.45, 7) is 0. The molecule has 0 fully saturated rings. The lowest BCUT2D eigenvalue weighted by Gasteiger charge is -2.06. The first-order chi connectivity index (χ1) is 7.79. The Morgan fingerprint density at radius 2 is 2.25 bits per heavy atom. The number of hydrogen-bond donors (Lipinski definition) is 1. The predicted molar refractivity (Wildman–Crippen MR) is 68.5 cm³/mol. The zero-order valence-corrected chi connectivity index (χ0v) is 10.5. The Hall–Kier alpha value is -1.13. The molecule has 2 rings (SSSR count). The minimum Gasteiger partial charge on any atom is -0.508 e. The maximum absolute atomic E-state index is 9.69. The van der Waals surface area contributed by atoms with Gasteiger partial charge in [-0.2, -0.15) is 0 Å². The second-order valence-electron chi connectivity index (χ2n) is 3.22. The van der Waals surface area contributed by atoms with Gasteiger partial charge in [-0.3, -0.25) is 0 Å². The highest BCUT2D eigenvalue weighted by Crippen LogP contribution is 2.31. The fraction of sp³-hybridized carbons (Fsp3) is 0.167. The van der Waals surface area contributed by atoms with Crippen LogP contribution in [0.15, 0.2) is 39.9 Å². The molecule has 2 aromatic rings. The van der Waals surface area contributed by atoms with Gasteiger partial charge in [0.25, 0.3) is 0 Å². The van der Waals surface area contributed by atoms with Gasteiger partial charge in [0.2, 0.25) is 0 Å². The molecule has 0 spiro atoms. The molecule has 0 saturated carbocycles. The van der Waals surface area contributed by atoms with E-state index >= 15 is 0 Å². The van der Waals surface area contributed by atoms with E-state index < -0.39 is 0 Å². The zero-order chi connectivity index (χ0) is 11.4. The quantitative estimate of drug-likeness (QED) is 0.840. The van der Waals surface area contributed by atoms with Crippen molar-refractivity contribution < 1.29 is 9.84 Å². The van der Waals surface area contributed by atoms with Gasteiger partial charge in [-0.05, 0) is 29.6 Å². The van der Waals surface area contributed by atoms with E-state index in [1.165, 1.54) is 4.21 Å². The van der Waals surface area contributed by atoms with E-state index in [-0.39, 0.29) is 0 Å². The lowest BCUT2D eigenvalue weighted by Crippen LogP contribution is -1.86. The van der Waals surface area contributed by atoms with Crippen LogP contribution in [0.5, 0.6) is 11.5 Å². The third-order valence-electron chi connectivity index (χ3n) is 2.15. The first-order valence-electron chi connectivity index (χ1n) is 4.82. The lowest BCUT2D eigenvalue weighted by molar-refractivity contribution is 0.411. The lowest BCUT2D eigenvalue weighted by atomic mass is 10.2. The van der Waals surface area contributed by atoms with E-state index in [0.717, 1.165) is 17.1 Å². The number of phenols is 1. The molecule has 84 valence electrons. The highest BCUT2D eigenvalue weighted by molar-refractivity contribution is 8.00. The molecule has 0 unspecified atom stereocenters. The molecule has 0 aliphatic heterocycles. The third-order valence-corrected chi connectivity index (χ3v) is 4.33. The van der Waals surface area contributed by atoms with E-state index in [1.807, 2.05) is 17.5 Å². The summed E-state index contributed by atoms with van der Waals surface area (Å²) in [6.07, 6.45) is 0. The molecule has 16 heavy (non-hydrogen) atoms. The molecule has 4 heteroatoms. The van der Waals surface area contributed by atoms with E-state index in [1.54, 1.807) is 42.3 Å². The number of phenolic OH excluding ortho intramolecular Hbond substituents is 1. The summed E-state index contributed by atoms with van der Waals surface area (Å²) in [6, 6.07) is 9.40. The van der Waals surface area contributed by atoms with Gasteiger partial charge in [-0.1, -0.05) is 6.07 Å². The van der Waals surface area contributed by atoms with Crippen LogP contribution in [-0.2, 0) is 5.75 Å². The van der Waals surface area contributed by atoms with Gasteiger partial charge in [0.1, 0.15) is 11.5 Å². The second kappa shape index (κ2) is 5.27. The van der Waals surface area contributed by atoms with Crippen molar-refractivity contribution in [3.8, 4) is 11.5 Å². The Bertz CT molecular complexity index is 452. The van der Waals surface area contributed by atoms with Crippen LogP contribution in [0.4, 0.5) is 0 Å². The second-order valence-corrected chi connectivity index (χ2v) is 5.44. The third kappa shape index (κ3) is 2.71. The monoisotopic (exact) mass is 252 g/mol. The molecular formula is C12H12O2S2. The van der Waals surface area contributed by atoms with Gasteiger partial charge in [0.15, 0.2) is 0 Å². The highest BCUT2D eigenvalue weighted by atomic mass is 32.2. The first kappa shape index (κ1) is 11.4. The van der Waals surface area contributed by atoms with Crippen molar-refractivity contribution >= 4 is 23.1 Å². The molecule has 0 bridgehead atoms. The predicted octanol–water partition coefficient (Wildman–Crippen LogP) is 3.75. The normalized spacial score (nSPS) is 10.3. The van der Waals surface area contributed by atoms with Crippen molar-refractivity contribution in [3.05, 3.63) is 41.3 Å². The molecule has 1 heterocycles. The van der Waals surface area contributed by atoms with E-state index in [4.69, 9.17) is 4.74 Å². The zero-order valence-electron chi connectivity index (χ0n) is 8.84. The van der Waals surface area contributed by atoms with E-state index in [2.05, 4.69) is 6.07 Å². The number of thioether (sulfide) groups is 1. The van der Waals surface area contributed by atoms with Gasteiger partial charge in [0, 0.05) is 11.3 Å². The molecule has 0 aliphatic rings. The van der Waals surface area contributed by atoms with Crippen molar-refractivity contribution in [2.24, 2.45) is 0 Å². The van der Waals surface area contributed by atoms with Crippen molar-refractivity contribution in [2.75, 3.05) is 7.11 Å². The van der Waals surface area contributed by atoms with Gasteiger partial charge in [-0.25, -0.2) is 0 Å². The summed E-state index contributed by atoms with van der Waals surface area (Å²) < 4.78 is 6.38. The molecule has 1 aromatic carbocycles. The number of methoxy groups -OCH3 is 1.